The summed E-state index contributed by atoms with van der Waals surface area (Å²) < 4.78 is 9.21. The fourth-order valence-electron chi connectivity index (χ4n) is 2.27. The molecule has 1 N–H and O–H groups in total. The van der Waals surface area contributed by atoms with Gasteiger partial charge in [-0.15, -0.1) is 10.2 Å². The van der Waals surface area contributed by atoms with Gasteiger partial charge in [0.2, 0.25) is 0 Å². The molecule has 0 aliphatic heterocycles. The lowest BCUT2D eigenvalue weighted by atomic mass is 10.2. The van der Waals surface area contributed by atoms with E-state index < -0.39 is 11.9 Å². The van der Waals surface area contributed by atoms with Crippen molar-refractivity contribution in [3.8, 4) is 5.69 Å². The SMILES string of the molecule is COC(=O)/C=C(/Nc1ccc2nn(-c3ccc(Cl)cc3)nc2c1)C(=O)OC. The number of halogens is 1. The largest absolute Gasteiger partial charge is 0.466 e. The topological polar surface area (TPSA) is 95.3 Å². The van der Waals surface area contributed by atoms with Crippen molar-refractivity contribution in [2.75, 3.05) is 19.5 Å². The average Bonchev–Trinajstić information content (AvgIpc) is 3.10. The van der Waals surface area contributed by atoms with Crippen molar-refractivity contribution in [3.63, 3.8) is 0 Å². The minimum atomic E-state index is -0.703. The molecule has 2 aromatic carbocycles. The first-order valence-electron chi connectivity index (χ1n) is 7.78. The summed E-state index contributed by atoms with van der Waals surface area (Å²) in [5.74, 6) is -1.39. The molecule has 1 aromatic heterocycles. The third-order valence-corrected chi connectivity index (χ3v) is 3.84. The average molecular weight is 387 g/mol. The Kier molecular flexibility index (Phi) is 5.37. The standard InChI is InChI=1S/C18H15ClN4O4/c1-26-17(24)10-16(18(25)27-2)20-12-5-8-14-15(9-12)22-23(21-14)13-6-3-11(19)4-7-13/h3-10,20H,1-2H3/b16-10+. The molecule has 138 valence electrons. The molecule has 0 bridgehead atoms. The Morgan fingerprint density at radius 3 is 2.41 bits per heavy atom. The van der Waals surface area contributed by atoms with Crippen molar-refractivity contribution < 1.29 is 19.1 Å². The molecule has 0 atom stereocenters. The molecule has 0 aliphatic carbocycles. The number of rotatable bonds is 5. The summed E-state index contributed by atoms with van der Waals surface area (Å²) >= 11 is 5.90. The monoisotopic (exact) mass is 386 g/mol. The highest BCUT2D eigenvalue weighted by atomic mass is 35.5. The van der Waals surface area contributed by atoms with Crippen LogP contribution in [0, 0.1) is 0 Å². The molecule has 0 amide bonds. The normalized spacial score (nSPS) is 11.3. The van der Waals surface area contributed by atoms with E-state index in [2.05, 4.69) is 25.0 Å². The number of fused-ring (bicyclic) bond motifs is 1. The fourth-order valence-corrected chi connectivity index (χ4v) is 2.40. The number of benzene rings is 2. The molecule has 0 saturated heterocycles. The molecule has 0 fully saturated rings. The van der Waals surface area contributed by atoms with Gasteiger partial charge in [0.25, 0.3) is 0 Å². The highest BCUT2D eigenvalue weighted by Gasteiger charge is 2.14. The van der Waals surface area contributed by atoms with Gasteiger partial charge in [-0.2, -0.15) is 4.80 Å². The molecule has 0 unspecified atom stereocenters. The molecular weight excluding hydrogens is 372 g/mol. The van der Waals surface area contributed by atoms with E-state index in [1.807, 2.05) is 0 Å². The van der Waals surface area contributed by atoms with E-state index in [9.17, 15) is 9.59 Å². The molecule has 0 radical (unpaired) electrons. The van der Waals surface area contributed by atoms with Gasteiger partial charge in [-0.25, -0.2) is 9.59 Å². The van der Waals surface area contributed by atoms with Crippen molar-refractivity contribution in [3.05, 3.63) is 59.3 Å². The minimum Gasteiger partial charge on any atom is -0.466 e. The predicted octanol–water partition coefficient (Wildman–Crippen LogP) is 2.72. The number of hydrogen-bond donors (Lipinski definition) is 1. The molecule has 0 spiro atoms. The summed E-state index contributed by atoms with van der Waals surface area (Å²) in [6, 6.07) is 12.2. The van der Waals surface area contributed by atoms with Crippen LogP contribution in [0.4, 0.5) is 5.69 Å². The quantitative estimate of drug-likeness (QED) is 0.532. The third kappa shape index (κ3) is 4.24. The number of anilines is 1. The number of ether oxygens (including phenoxy) is 2. The molecule has 3 aromatic rings. The Balaban J connectivity index is 1.91. The Labute approximate surface area is 159 Å². The number of carbonyl (C=O) groups is 2. The maximum absolute atomic E-state index is 11.8. The van der Waals surface area contributed by atoms with E-state index in [4.69, 9.17) is 11.6 Å². The Hall–Kier alpha value is -3.39. The van der Waals surface area contributed by atoms with Gasteiger partial charge in [-0.05, 0) is 42.5 Å². The second-order valence-electron chi connectivity index (χ2n) is 5.37. The van der Waals surface area contributed by atoms with Crippen molar-refractivity contribution in [1.82, 2.24) is 15.0 Å². The van der Waals surface area contributed by atoms with Gasteiger partial charge in [0, 0.05) is 10.7 Å². The molecule has 3 rings (SSSR count). The van der Waals surface area contributed by atoms with Gasteiger partial charge in [-0.1, -0.05) is 11.6 Å². The van der Waals surface area contributed by atoms with Crippen molar-refractivity contribution >= 4 is 40.3 Å². The highest BCUT2D eigenvalue weighted by molar-refractivity contribution is 6.30. The van der Waals surface area contributed by atoms with E-state index >= 15 is 0 Å². The molecule has 9 heteroatoms. The summed E-state index contributed by atoms with van der Waals surface area (Å²) in [5, 5.41) is 12.3. The lowest BCUT2D eigenvalue weighted by Gasteiger charge is -2.08. The van der Waals surface area contributed by atoms with Crippen LogP contribution in [0.3, 0.4) is 0 Å². The van der Waals surface area contributed by atoms with Gasteiger partial charge in [0.15, 0.2) is 0 Å². The predicted molar refractivity (Wildman–Crippen MR) is 99.6 cm³/mol. The Morgan fingerprint density at radius 2 is 1.74 bits per heavy atom. The molecule has 0 aliphatic rings. The zero-order valence-corrected chi connectivity index (χ0v) is 15.2. The van der Waals surface area contributed by atoms with Crippen LogP contribution in [0.15, 0.2) is 54.2 Å². The number of methoxy groups -OCH3 is 2. The number of esters is 2. The van der Waals surface area contributed by atoms with Gasteiger partial charge in [-0.3, -0.25) is 0 Å². The molecule has 0 saturated carbocycles. The Morgan fingerprint density at radius 1 is 1.04 bits per heavy atom. The Bertz CT molecular complexity index is 1030. The van der Waals surface area contributed by atoms with Crippen LogP contribution in [-0.2, 0) is 19.1 Å². The lowest BCUT2D eigenvalue weighted by Crippen LogP contribution is -2.15. The summed E-state index contributed by atoms with van der Waals surface area (Å²) in [4.78, 5) is 24.8. The van der Waals surface area contributed by atoms with E-state index in [0.29, 0.717) is 21.7 Å². The summed E-state index contributed by atoms with van der Waals surface area (Å²) in [5.41, 5.74) is 2.48. The summed E-state index contributed by atoms with van der Waals surface area (Å²) in [6.45, 7) is 0. The number of carbonyl (C=O) groups excluding carboxylic acids is 2. The van der Waals surface area contributed by atoms with E-state index in [0.717, 1.165) is 11.8 Å². The third-order valence-electron chi connectivity index (χ3n) is 3.59. The van der Waals surface area contributed by atoms with Crippen molar-refractivity contribution in [2.24, 2.45) is 0 Å². The smallest absolute Gasteiger partial charge is 0.354 e. The fraction of sp³-hybridized carbons (Fsp3) is 0.111. The molecule has 8 nitrogen and oxygen atoms in total. The van der Waals surface area contributed by atoms with Gasteiger partial charge >= 0.3 is 11.9 Å². The first-order valence-corrected chi connectivity index (χ1v) is 8.16. The zero-order valence-electron chi connectivity index (χ0n) is 14.5. The van der Waals surface area contributed by atoms with Gasteiger partial charge in [0.1, 0.15) is 16.7 Å². The number of nitrogens with zero attached hydrogens (tertiary/aromatic N) is 3. The molecular formula is C18H15ClN4O4. The number of aromatic nitrogens is 3. The van der Waals surface area contributed by atoms with Crippen LogP contribution in [0.5, 0.6) is 0 Å². The summed E-state index contributed by atoms with van der Waals surface area (Å²) in [6.07, 6.45) is 1.01. The van der Waals surface area contributed by atoms with E-state index in [1.54, 1.807) is 42.5 Å². The van der Waals surface area contributed by atoms with Crippen LogP contribution < -0.4 is 5.32 Å². The zero-order chi connectivity index (χ0) is 19.4. The molecule has 27 heavy (non-hydrogen) atoms. The maximum atomic E-state index is 11.8. The van der Waals surface area contributed by atoms with E-state index in [1.165, 1.54) is 19.0 Å². The second-order valence-corrected chi connectivity index (χ2v) is 5.80. The van der Waals surface area contributed by atoms with Crippen LogP contribution in [0.25, 0.3) is 16.7 Å². The minimum absolute atomic E-state index is 0.0613. The van der Waals surface area contributed by atoms with Crippen LogP contribution in [0.1, 0.15) is 0 Å². The maximum Gasteiger partial charge on any atom is 0.354 e. The number of hydrogen-bond acceptors (Lipinski definition) is 7. The highest BCUT2D eigenvalue weighted by Crippen LogP contribution is 2.20. The second kappa shape index (κ2) is 7.88. The first-order chi connectivity index (χ1) is 13.0. The van der Waals surface area contributed by atoms with Crippen molar-refractivity contribution in [2.45, 2.75) is 0 Å². The van der Waals surface area contributed by atoms with E-state index in [-0.39, 0.29) is 5.70 Å². The van der Waals surface area contributed by atoms with Crippen LogP contribution in [0.2, 0.25) is 5.02 Å². The summed E-state index contributed by atoms with van der Waals surface area (Å²) in [7, 11) is 2.44. The van der Waals surface area contributed by atoms with Gasteiger partial charge in [0.05, 0.1) is 26.0 Å². The van der Waals surface area contributed by atoms with Crippen LogP contribution >= 0.6 is 11.6 Å². The van der Waals surface area contributed by atoms with Gasteiger partial charge < -0.3 is 14.8 Å². The van der Waals surface area contributed by atoms with Crippen LogP contribution in [-0.4, -0.2) is 41.2 Å². The number of nitrogens with one attached hydrogen (secondary N) is 1. The molecule has 1 heterocycles. The first kappa shape index (κ1) is 18.4. The van der Waals surface area contributed by atoms with Crippen molar-refractivity contribution in [1.29, 1.82) is 0 Å². The lowest BCUT2D eigenvalue weighted by molar-refractivity contribution is -0.138.